The highest BCUT2D eigenvalue weighted by atomic mass is 16.4. The van der Waals surface area contributed by atoms with E-state index in [1.165, 1.54) is 0 Å². The van der Waals surface area contributed by atoms with Crippen LogP contribution in [0.4, 0.5) is 5.69 Å². The molecule has 2 rings (SSSR count). The summed E-state index contributed by atoms with van der Waals surface area (Å²) in [5, 5.41) is 14.9. The molecule has 1 aliphatic carbocycles. The zero-order valence-electron chi connectivity index (χ0n) is 14.1. The van der Waals surface area contributed by atoms with Crippen LogP contribution in [0.2, 0.25) is 0 Å². The van der Waals surface area contributed by atoms with Crippen molar-refractivity contribution in [2.45, 2.75) is 45.4 Å². The van der Waals surface area contributed by atoms with Crippen LogP contribution in [-0.4, -0.2) is 29.9 Å². The Balaban J connectivity index is 2.15. The first-order valence-electron chi connectivity index (χ1n) is 8.24. The first-order valence-corrected chi connectivity index (χ1v) is 8.24. The number of hydrogen-bond donors (Lipinski definition) is 3. The van der Waals surface area contributed by atoms with Gasteiger partial charge in [0.1, 0.15) is 0 Å². The number of carbonyl (C=O) groups is 3. The molecule has 0 heterocycles. The third-order valence-corrected chi connectivity index (χ3v) is 4.84. The summed E-state index contributed by atoms with van der Waals surface area (Å²) in [5.41, 5.74) is 0.728. The van der Waals surface area contributed by atoms with Crippen LogP contribution in [0.1, 0.15) is 54.4 Å². The van der Waals surface area contributed by atoms with Gasteiger partial charge in [-0.1, -0.05) is 25.3 Å². The Bertz CT molecular complexity index is 648. The molecule has 1 saturated carbocycles. The summed E-state index contributed by atoms with van der Waals surface area (Å²) in [6, 6.07) is 5.10. The second-order valence-corrected chi connectivity index (χ2v) is 6.43. The highest BCUT2D eigenvalue weighted by Crippen LogP contribution is 2.40. The van der Waals surface area contributed by atoms with Crippen LogP contribution in [0, 0.1) is 12.3 Å². The van der Waals surface area contributed by atoms with Crippen LogP contribution in [0.5, 0.6) is 0 Å². The van der Waals surface area contributed by atoms with Crippen LogP contribution < -0.4 is 10.6 Å². The first-order chi connectivity index (χ1) is 11.4. The van der Waals surface area contributed by atoms with E-state index in [9.17, 15) is 19.5 Å². The van der Waals surface area contributed by atoms with Crippen molar-refractivity contribution < 1.29 is 19.5 Å². The van der Waals surface area contributed by atoms with Gasteiger partial charge in [0.2, 0.25) is 5.91 Å². The van der Waals surface area contributed by atoms with E-state index in [0.29, 0.717) is 29.7 Å². The molecule has 130 valence electrons. The molecule has 1 aromatic carbocycles. The van der Waals surface area contributed by atoms with Gasteiger partial charge in [0.05, 0.1) is 5.41 Å². The van der Waals surface area contributed by atoms with Crippen molar-refractivity contribution >= 4 is 23.5 Å². The lowest BCUT2D eigenvalue weighted by Crippen LogP contribution is -2.37. The number of benzene rings is 1. The normalized spacial score (nSPS) is 16.2. The van der Waals surface area contributed by atoms with Gasteiger partial charge in [0.25, 0.3) is 5.91 Å². The average Bonchev–Trinajstić information content (AvgIpc) is 2.56. The Kier molecular flexibility index (Phi) is 5.59. The molecular formula is C18H24N2O4. The Morgan fingerprint density at radius 1 is 1.17 bits per heavy atom. The maximum absolute atomic E-state index is 12.4. The molecule has 2 amide bonds. The first kappa shape index (κ1) is 18.0. The van der Waals surface area contributed by atoms with Crippen molar-refractivity contribution in [2.75, 3.05) is 12.4 Å². The Hall–Kier alpha value is -2.37. The largest absolute Gasteiger partial charge is 0.481 e. The van der Waals surface area contributed by atoms with Gasteiger partial charge in [-0.2, -0.15) is 0 Å². The smallest absolute Gasteiger partial charge is 0.310 e. The molecule has 0 spiro atoms. The molecule has 24 heavy (non-hydrogen) atoms. The number of hydrogen-bond acceptors (Lipinski definition) is 3. The van der Waals surface area contributed by atoms with Gasteiger partial charge in [-0.15, -0.1) is 0 Å². The molecule has 0 saturated heterocycles. The summed E-state index contributed by atoms with van der Waals surface area (Å²) in [6.07, 6.45) is 3.73. The van der Waals surface area contributed by atoms with Crippen LogP contribution >= 0.6 is 0 Å². The molecule has 0 bridgehead atoms. The van der Waals surface area contributed by atoms with E-state index >= 15 is 0 Å². The number of amides is 2. The van der Waals surface area contributed by atoms with E-state index in [1.54, 1.807) is 32.2 Å². The molecule has 6 nitrogen and oxygen atoms in total. The van der Waals surface area contributed by atoms with Crippen LogP contribution in [0.25, 0.3) is 0 Å². The summed E-state index contributed by atoms with van der Waals surface area (Å²) in [4.78, 5) is 35.9. The second kappa shape index (κ2) is 7.47. The minimum atomic E-state index is -0.964. The van der Waals surface area contributed by atoms with E-state index < -0.39 is 11.4 Å². The van der Waals surface area contributed by atoms with Crippen molar-refractivity contribution in [3.8, 4) is 0 Å². The number of carboxylic acids is 1. The summed E-state index contributed by atoms with van der Waals surface area (Å²) in [7, 11) is 1.55. The second-order valence-electron chi connectivity index (χ2n) is 6.43. The number of carboxylic acid groups (broad SMARTS) is 1. The SMILES string of the molecule is CNC(=O)c1cccc(NC(=O)CC2(C(=O)O)CCCCC2)c1C. The molecule has 0 unspecified atom stereocenters. The third-order valence-electron chi connectivity index (χ3n) is 4.84. The van der Waals surface area contributed by atoms with Crippen molar-refractivity contribution in [1.29, 1.82) is 0 Å². The van der Waals surface area contributed by atoms with Crippen molar-refractivity contribution in [3.63, 3.8) is 0 Å². The summed E-state index contributed by atoms with van der Waals surface area (Å²) in [5.74, 6) is -1.44. The van der Waals surface area contributed by atoms with E-state index in [-0.39, 0.29) is 18.2 Å². The third kappa shape index (κ3) is 3.75. The monoisotopic (exact) mass is 332 g/mol. The predicted molar refractivity (Wildman–Crippen MR) is 91.0 cm³/mol. The van der Waals surface area contributed by atoms with Gasteiger partial charge in [-0.05, 0) is 37.5 Å². The number of anilines is 1. The predicted octanol–water partition coefficient (Wildman–Crippen LogP) is 2.72. The summed E-state index contributed by atoms with van der Waals surface area (Å²) < 4.78 is 0. The summed E-state index contributed by atoms with van der Waals surface area (Å²) in [6.45, 7) is 1.76. The molecule has 3 N–H and O–H groups in total. The fourth-order valence-corrected chi connectivity index (χ4v) is 3.35. The van der Waals surface area contributed by atoms with E-state index in [4.69, 9.17) is 0 Å². The lowest BCUT2D eigenvalue weighted by atomic mass is 9.71. The van der Waals surface area contributed by atoms with E-state index in [2.05, 4.69) is 10.6 Å². The van der Waals surface area contributed by atoms with Crippen LogP contribution in [0.15, 0.2) is 18.2 Å². The molecule has 0 radical (unpaired) electrons. The fraction of sp³-hybridized carbons (Fsp3) is 0.500. The maximum atomic E-state index is 12.4. The highest BCUT2D eigenvalue weighted by Gasteiger charge is 2.41. The van der Waals surface area contributed by atoms with Crippen molar-refractivity contribution in [2.24, 2.45) is 5.41 Å². The molecular weight excluding hydrogens is 308 g/mol. The molecule has 0 aromatic heterocycles. The van der Waals surface area contributed by atoms with Gasteiger partial charge in [0, 0.05) is 24.7 Å². The van der Waals surface area contributed by atoms with Crippen LogP contribution in [-0.2, 0) is 9.59 Å². The minimum absolute atomic E-state index is 0.0357. The Labute approximate surface area is 141 Å². The maximum Gasteiger partial charge on any atom is 0.310 e. The lowest BCUT2D eigenvalue weighted by molar-refractivity contribution is -0.153. The Morgan fingerprint density at radius 2 is 1.83 bits per heavy atom. The van der Waals surface area contributed by atoms with E-state index in [0.717, 1.165) is 19.3 Å². The van der Waals surface area contributed by atoms with Gasteiger partial charge in [0.15, 0.2) is 0 Å². The van der Waals surface area contributed by atoms with Crippen molar-refractivity contribution in [3.05, 3.63) is 29.3 Å². The molecule has 1 aromatic rings. The average molecular weight is 332 g/mol. The zero-order valence-corrected chi connectivity index (χ0v) is 14.1. The molecule has 6 heteroatoms. The van der Waals surface area contributed by atoms with Crippen LogP contribution in [0.3, 0.4) is 0 Å². The van der Waals surface area contributed by atoms with Gasteiger partial charge < -0.3 is 15.7 Å². The Morgan fingerprint density at radius 3 is 2.42 bits per heavy atom. The zero-order chi connectivity index (χ0) is 17.7. The number of rotatable bonds is 5. The molecule has 1 aliphatic rings. The molecule has 0 atom stereocenters. The number of aliphatic carboxylic acids is 1. The van der Waals surface area contributed by atoms with Gasteiger partial charge in [-0.3, -0.25) is 14.4 Å². The summed E-state index contributed by atoms with van der Waals surface area (Å²) >= 11 is 0. The minimum Gasteiger partial charge on any atom is -0.481 e. The van der Waals surface area contributed by atoms with Gasteiger partial charge >= 0.3 is 5.97 Å². The fourth-order valence-electron chi connectivity index (χ4n) is 3.35. The number of nitrogens with one attached hydrogen (secondary N) is 2. The van der Waals surface area contributed by atoms with Gasteiger partial charge in [-0.25, -0.2) is 0 Å². The van der Waals surface area contributed by atoms with Crippen molar-refractivity contribution in [1.82, 2.24) is 5.32 Å². The topological polar surface area (TPSA) is 95.5 Å². The van der Waals surface area contributed by atoms with E-state index in [1.807, 2.05) is 0 Å². The standard InChI is InChI=1S/C18H24N2O4/c1-12-13(16(22)19-2)7-6-8-14(12)20-15(21)11-18(17(23)24)9-4-3-5-10-18/h6-8H,3-5,9-11H2,1-2H3,(H,19,22)(H,20,21)(H,23,24). The molecule has 0 aliphatic heterocycles. The lowest BCUT2D eigenvalue weighted by Gasteiger charge is -2.32. The quantitative estimate of drug-likeness (QED) is 0.772. The number of carbonyl (C=O) groups excluding carboxylic acids is 2. The molecule has 1 fully saturated rings. The highest BCUT2D eigenvalue weighted by molar-refractivity contribution is 6.00.